The van der Waals surface area contributed by atoms with Crippen LogP contribution >= 0.6 is 0 Å². The second-order valence-electron chi connectivity index (χ2n) is 3.75. The van der Waals surface area contributed by atoms with Crippen LogP contribution < -0.4 is 0 Å². The van der Waals surface area contributed by atoms with E-state index in [1.54, 1.807) is 10.9 Å². The molecule has 0 unspecified atom stereocenters. The Balaban J connectivity index is 2.38. The van der Waals surface area contributed by atoms with E-state index in [4.69, 9.17) is 0 Å². The van der Waals surface area contributed by atoms with E-state index in [-0.39, 0.29) is 0 Å². The lowest BCUT2D eigenvalue weighted by Crippen LogP contribution is -1.94. The summed E-state index contributed by atoms with van der Waals surface area (Å²) in [7, 11) is 0. The number of aldehydes is 1. The molecule has 0 aliphatic rings. The molecule has 16 heavy (non-hydrogen) atoms. The summed E-state index contributed by atoms with van der Waals surface area (Å²) in [5.41, 5.74) is 3.67. The van der Waals surface area contributed by atoms with Gasteiger partial charge in [0.15, 0.2) is 6.29 Å². The molecule has 1 heterocycles. The molecule has 0 fully saturated rings. The van der Waals surface area contributed by atoms with Gasteiger partial charge in [-0.3, -0.25) is 4.79 Å². The molecular formula is C13H14N2O. The van der Waals surface area contributed by atoms with Crippen molar-refractivity contribution in [2.75, 3.05) is 0 Å². The van der Waals surface area contributed by atoms with Gasteiger partial charge in [0, 0.05) is 6.20 Å². The van der Waals surface area contributed by atoms with E-state index in [1.807, 2.05) is 19.1 Å². The van der Waals surface area contributed by atoms with Crippen molar-refractivity contribution < 1.29 is 4.79 Å². The maximum absolute atomic E-state index is 10.7. The van der Waals surface area contributed by atoms with Gasteiger partial charge >= 0.3 is 0 Å². The first-order chi connectivity index (χ1) is 7.74. The fraction of sp³-hybridized carbons (Fsp3) is 0.231. The van der Waals surface area contributed by atoms with Crippen molar-refractivity contribution in [3.63, 3.8) is 0 Å². The summed E-state index contributed by atoms with van der Waals surface area (Å²) in [6, 6.07) is 8.18. The minimum atomic E-state index is 0.638. The zero-order valence-electron chi connectivity index (χ0n) is 9.47. The van der Waals surface area contributed by atoms with Crippen LogP contribution in [0.1, 0.15) is 28.5 Å². The molecular weight excluding hydrogens is 200 g/mol. The highest BCUT2D eigenvalue weighted by Crippen LogP contribution is 2.12. The predicted molar refractivity (Wildman–Crippen MR) is 63.1 cm³/mol. The zero-order valence-corrected chi connectivity index (χ0v) is 9.47. The first-order valence-corrected chi connectivity index (χ1v) is 5.35. The van der Waals surface area contributed by atoms with Crippen LogP contribution in [0.4, 0.5) is 0 Å². The first kappa shape index (κ1) is 10.6. The average Bonchev–Trinajstić information content (AvgIpc) is 2.71. The highest BCUT2D eigenvalue weighted by molar-refractivity contribution is 5.76. The smallest absolute Gasteiger partial charge is 0.153 e. The highest BCUT2D eigenvalue weighted by Gasteiger charge is 2.04. The van der Waals surface area contributed by atoms with E-state index in [1.165, 1.54) is 5.56 Å². The third-order valence-corrected chi connectivity index (χ3v) is 2.67. The lowest BCUT2D eigenvalue weighted by Gasteiger charge is -2.02. The van der Waals surface area contributed by atoms with E-state index >= 15 is 0 Å². The van der Waals surface area contributed by atoms with Crippen LogP contribution in [0.5, 0.6) is 0 Å². The number of carbonyl (C=O) groups excluding carboxylic acids is 1. The molecule has 1 aromatic carbocycles. The maximum atomic E-state index is 10.7. The van der Waals surface area contributed by atoms with Crippen LogP contribution in [-0.4, -0.2) is 16.1 Å². The van der Waals surface area contributed by atoms with E-state index in [2.05, 4.69) is 24.2 Å². The molecule has 1 aromatic heterocycles. The number of carbonyl (C=O) groups is 1. The highest BCUT2D eigenvalue weighted by atomic mass is 16.1. The van der Waals surface area contributed by atoms with Crippen molar-refractivity contribution in [1.29, 1.82) is 0 Å². The van der Waals surface area contributed by atoms with Gasteiger partial charge in [-0.25, -0.2) is 4.68 Å². The Morgan fingerprint density at radius 1 is 1.31 bits per heavy atom. The third kappa shape index (κ3) is 1.89. The third-order valence-electron chi connectivity index (χ3n) is 2.67. The zero-order chi connectivity index (χ0) is 11.5. The summed E-state index contributed by atoms with van der Waals surface area (Å²) < 4.78 is 1.73. The van der Waals surface area contributed by atoms with E-state index in [9.17, 15) is 4.79 Å². The molecule has 0 radical (unpaired) electrons. The Morgan fingerprint density at radius 2 is 2.00 bits per heavy atom. The molecule has 0 spiro atoms. The normalized spacial score (nSPS) is 10.4. The number of aromatic nitrogens is 2. The van der Waals surface area contributed by atoms with Gasteiger partial charge in [-0.15, -0.1) is 0 Å². The van der Waals surface area contributed by atoms with Gasteiger partial charge < -0.3 is 0 Å². The van der Waals surface area contributed by atoms with Crippen LogP contribution in [0.25, 0.3) is 5.69 Å². The number of hydrogen-bond donors (Lipinski definition) is 0. The van der Waals surface area contributed by atoms with Crippen molar-refractivity contribution in [3.05, 3.63) is 47.3 Å². The van der Waals surface area contributed by atoms with Crippen molar-refractivity contribution in [1.82, 2.24) is 9.78 Å². The van der Waals surface area contributed by atoms with Crippen molar-refractivity contribution in [3.8, 4) is 5.69 Å². The van der Waals surface area contributed by atoms with Crippen LogP contribution in [-0.2, 0) is 6.42 Å². The monoisotopic (exact) mass is 214 g/mol. The van der Waals surface area contributed by atoms with Gasteiger partial charge in [-0.2, -0.15) is 5.10 Å². The molecule has 82 valence electrons. The minimum absolute atomic E-state index is 0.638. The van der Waals surface area contributed by atoms with Crippen LogP contribution in [0.3, 0.4) is 0 Å². The van der Waals surface area contributed by atoms with E-state index < -0.39 is 0 Å². The molecule has 3 heteroatoms. The number of aryl methyl sites for hydroxylation is 2. The second kappa shape index (κ2) is 4.31. The van der Waals surface area contributed by atoms with Crippen LogP contribution in [0.2, 0.25) is 0 Å². The maximum Gasteiger partial charge on any atom is 0.153 e. The van der Waals surface area contributed by atoms with E-state index in [0.717, 1.165) is 24.1 Å². The van der Waals surface area contributed by atoms with Crippen LogP contribution in [0, 0.1) is 6.92 Å². The van der Waals surface area contributed by atoms with Crippen LogP contribution in [0.15, 0.2) is 30.5 Å². The van der Waals surface area contributed by atoms with E-state index in [0.29, 0.717) is 5.56 Å². The summed E-state index contributed by atoms with van der Waals surface area (Å²) >= 11 is 0. The topological polar surface area (TPSA) is 34.9 Å². The van der Waals surface area contributed by atoms with Crippen molar-refractivity contribution in [2.45, 2.75) is 20.3 Å². The van der Waals surface area contributed by atoms with Gasteiger partial charge in [0.25, 0.3) is 0 Å². The number of rotatable bonds is 3. The predicted octanol–water partition coefficient (Wildman–Crippen LogP) is 2.56. The summed E-state index contributed by atoms with van der Waals surface area (Å²) in [6.07, 6.45) is 3.61. The molecule has 3 nitrogen and oxygen atoms in total. The number of nitrogens with zero attached hydrogens (tertiary/aromatic N) is 2. The lowest BCUT2D eigenvalue weighted by molar-refractivity contribution is 0.112. The molecule has 0 N–H and O–H groups in total. The van der Waals surface area contributed by atoms with Gasteiger partial charge in [0.05, 0.1) is 16.9 Å². The summed E-state index contributed by atoms with van der Waals surface area (Å²) in [6.45, 7) is 3.96. The first-order valence-electron chi connectivity index (χ1n) is 5.35. The lowest BCUT2D eigenvalue weighted by atomic mass is 10.1. The number of hydrogen-bond acceptors (Lipinski definition) is 2. The quantitative estimate of drug-likeness (QED) is 0.736. The molecule has 0 saturated heterocycles. The second-order valence-corrected chi connectivity index (χ2v) is 3.75. The van der Waals surface area contributed by atoms with Gasteiger partial charge in [-0.1, -0.05) is 19.1 Å². The molecule has 0 atom stereocenters. The number of benzene rings is 1. The fourth-order valence-corrected chi connectivity index (χ4v) is 1.61. The van der Waals surface area contributed by atoms with Crippen molar-refractivity contribution >= 4 is 6.29 Å². The Morgan fingerprint density at radius 3 is 2.50 bits per heavy atom. The van der Waals surface area contributed by atoms with Gasteiger partial charge in [0.1, 0.15) is 0 Å². The van der Waals surface area contributed by atoms with Gasteiger partial charge in [0.2, 0.25) is 0 Å². The largest absolute Gasteiger partial charge is 0.298 e. The minimum Gasteiger partial charge on any atom is -0.298 e. The summed E-state index contributed by atoms with van der Waals surface area (Å²) in [4.78, 5) is 10.7. The molecule has 0 aliphatic heterocycles. The SMILES string of the molecule is CCc1ccc(-n2cc(C=O)c(C)n2)cc1. The summed E-state index contributed by atoms with van der Waals surface area (Å²) in [5.74, 6) is 0. The molecule has 0 amide bonds. The molecule has 2 aromatic rings. The van der Waals surface area contributed by atoms with Gasteiger partial charge in [-0.05, 0) is 31.0 Å². The molecule has 0 aliphatic carbocycles. The van der Waals surface area contributed by atoms with Crippen molar-refractivity contribution in [2.24, 2.45) is 0 Å². The Bertz CT molecular complexity index is 497. The molecule has 0 bridgehead atoms. The summed E-state index contributed by atoms with van der Waals surface area (Å²) in [5, 5.41) is 4.29. The standard InChI is InChI=1S/C13H14N2O/c1-3-11-4-6-13(7-5-11)15-8-12(9-16)10(2)14-15/h4-9H,3H2,1-2H3. The molecule has 0 saturated carbocycles. The Kier molecular flexibility index (Phi) is 2.86. The average molecular weight is 214 g/mol. The Hall–Kier alpha value is -1.90. The Labute approximate surface area is 94.7 Å². The fourth-order valence-electron chi connectivity index (χ4n) is 1.61. The molecule has 2 rings (SSSR count).